The number of nitrogens with zero attached hydrogens (tertiary/aromatic N) is 2. The summed E-state index contributed by atoms with van der Waals surface area (Å²) in [5, 5.41) is 2.15. The Morgan fingerprint density at radius 2 is 1.83 bits per heavy atom. The first kappa shape index (κ1) is 18.9. The second-order valence-corrected chi connectivity index (χ2v) is 5.73. The SMILES string of the molecule is [CH2]OCC(OC)S(=O)(=O)NC(=O)Nc1nc(OC)cc(OC)n1. The van der Waals surface area contributed by atoms with E-state index in [0.717, 1.165) is 7.11 Å². The van der Waals surface area contributed by atoms with Gasteiger partial charge in [-0.05, 0) is 0 Å². The van der Waals surface area contributed by atoms with Crippen LogP contribution in [0.1, 0.15) is 0 Å². The van der Waals surface area contributed by atoms with Crippen molar-refractivity contribution in [3.05, 3.63) is 13.2 Å². The number of carbonyl (C=O) groups is 1. The lowest BCUT2D eigenvalue weighted by molar-refractivity contribution is 0.0897. The normalized spacial score (nSPS) is 12.3. The smallest absolute Gasteiger partial charge is 0.335 e. The van der Waals surface area contributed by atoms with Crippen LogP contribution in [-0.2, 0) is 19.5 Å². The summed E-state index contributed by atoms with van der Waals surface area (Å²) in [4.78, 5) is 19.4. The molecule has 0 spiro atoms. The number of aromatic nitrogens is 2. The highest BCUT2D eigenvalue weighted by atomic mass is 32.2. The van der Waals surface area contributed by atoms with Crippen molar-refractivity contribution in [1.82, 2.24) is 14.7 Å². The second kappa shape index (κ2) is 8.45. The third-order valence-corrected chi connectivity index (χ3v) is 3.91. The summed E-state index contributed by atoms with van der Waals surface area (Å²) >= 11 is 0. The van der Waals surface area contributed by atoms with Crippen LogP contribution in [-0.4, -0.2) is 57.8 Å². The number of rotatable bonds is 8. The molecule has 0 saturated heterocycles. The van der Waals surface area contributed by atoms with E-state index in [2.05, 4.69) is 27.1 Å². The Labute approximate surface area is 133 Å². The van der Waals surface area contributed by atoms with Gasteiger partial charge in [0.2, 0.25) is 23.1 Å². The summed E-state index contributed by atoms with van der Waals surface area (Å²) in [7, 11) is 2.77. The van der Waals surface area contributed by atoms with E-state index in [-0.39, 0.29) is 24.3 Å². The van der Waals surface area contributed by atoms with Gasteiger partial charge in [-0.2, -0.15) is 9.97 Å². The van der Waals surface area contributed by atoms with Crippen LogP contribution in [0, 0.1) is 7.11 Å². The third kappa shape index (κ3) is 5.50. The number of methoxy groups -OCH3 is 3. The van der Waals surface area contributed by atoms with E-state index < -0.39 is 21.5 Å². The molecular weight excluding hydrogens is 332 g/mol. The van der Waals surface area contributed by atoms with Crippen molar-refractivity contribution >= 4 is 22.0 Å². The van der Waals surface area contributed by atoms with Crippen LogP contribution in [0.5, 0.6) is 11.8 Å². The molecule has 2 amide bonds. The van der Waals surface area contributed by atoms with Crippen LogP contribution >= 0.6 is 0 Å². The number of anilines is 1. The van der Waals surface area contributed by atoms with Gasteiger partial charge < -0.3 is 18.9 Å². The lowest BCUT2D eigenvalue weighted by Gasteiger charge is -2.15. The van der Waals surface area contributed by atoms with Gasteiger partial charge in [-0.1, -0.05) is 0 Å². The van der Waals surface area contributed by atoms with E-state index >= 15 is 0 Å². The van der Waals surface area contributed by atoms with Gasteiger partial charge >= 0.3 is 6.03 Å². The number of nitrogens with one attached hydrogen (secondary N) is 2. The molecule has 1 aromatic heterocycles. The molecule has 1 aromatic rings. The molecule has 0 aromatic carbocycles. The molecule has 0 aliphatic heterocycles. The Balaban J connectivity index is 2.84. The lowest BCUT2D eigenvalue weighted by Crippen LogP contribution is -2.43. The second-order valence-electron chi connectivity index (χ2n) is 3.91. The van der Waals surface area contributed by atoms with Gasteiger partial charge in [-0.3, -0.25) is 5.32 Å². The topological polar surface area (TPSA) is 138 Å². The predicted octanol–water partition coefficient (Wildman–Crippen LogP) is -0.274. The summed E-state index contributed by atoms with van der Waals surface area (Å²) in [6, 6.07) is 0.290. The predicted molar refractivity (Wildman–Crippen MR) is 78.3 cm³/mol. The Morgan fingerprint density at radius 3 is 2.26 bits per heavy atom. The zero-order valence-corrected chi connectivity index (χ0v) is 13.5. The van der Waals surface area contributed by atoms with Gasteiger partial charge in [0.1, 0.15) is 0 Å². The minimum atomic E-state index is -4.15. The molecule has 0 bridgehead atoms. The molecule has 12 heteroatoms. The van der Waals surface area contributed by atoms with E-state index in [1.807, 2.05) is 0 Å². The Kier molecular flexibility index (Phi) is 6.93. The Bertz CT molecular complexity index is 615. The fraction of sp³-hybridized carbons (Fsp3) is 0.455. The monoisotopic (exact) mass is 349 g/mol. The summed E-state index contributed by atoms with van der Waals surface area (Å²) < 4.78 is 44.5. The van der Waals surface area contributed by atoms with Crippen molar-refractivity contribution in [2.75, 3.05) is 33.3 Å². The zero-order valence-electron chi connectivity index (χ0n) is 12.7. The maximum atomic E-state index is 11.9. The van der Waals surface area contributed by atoms with Crippen molar-refractivity contribution in [2.24, 2.45) is 0 Å². The molecule has 1 rings (SSSR count). The van der Waals surface area contributed by atoms with Gasteiger partial charge in [0, 0.05) is 7.11 Å². The summed E-state index contributed by atoms with van der Waals surface area (Å²) in [6.45, 7) is -0.359. The Hall–Kier alpha value is -2.18. The highest BCUT2D eigenvalue weighted by Crippen LogP contribution is 2.17. The molecule has 1 unspecified atom stereocenters. The number of hydrogen-bond acceptors (Lipinski definition) is 9. The molecule has 0 aliphatic rings. The quantitative estimate of drug-likeness (QED) is 0.649. The first-order valence-electron chi connectivity index (χ1n) is 6.05. The van der Waals surface area contributed by atoms with E-state index in [1.165, 1.54) is 20.3 Å². The average molecular weight is 349 g/mol. The lowest BCUT2D eigenvalue weighted by atomic mass is 10.6. The van der Waals surface area contributed by atoms with Gasteiger partial charge in [0.25, 0.3) is 10.0 Å². The van der Waals surface area contributed by atoms with Crippen LogP contribution in [0.2, 0.25) is 0 Å². The summed E-state index contributed by atoms with van der Waals surface area (Å²) in [6.07, 6.45) is 0. The van der Waals surface area contributed by atoms with Crippen molar-refractivity contribution in [3.8, 4) is 11.8 Å². The minimum absolute atomic E-state index is 0.121. The fourth-order valence-corrected chi connectivity index (χ4v) is 2.34. The molecule has 0 saturated carbocycles. The van der Waals surface area contributed by atoms with Crippen LogP contribution in [0.25, 0.3) is 0 Å². The number of amides is 2. The van der Waals surface area contributed by atoms with E-state index in [4.69, 9.17) is 14.2 Å². The fourth-order valence-electron chi connectivity index (χ4n) is 1.37. The number of ether oxygens (including phenoxy) is 4. The van der Waals surface area contributed by atoms with E-state index in [9.17, 15) is 13.2 Å². The van der Waals surface area contributed by atoms with Crippen LogP contribution < -0.4 is 19.5 Å². The van der Waals surface area contributed by atoms with Crippen molar-refractivity contribution < 1.29 is 32.2 Å². The number of sulfonamides is 1. The van der Waals surface area contributed by atoms with Crippen LogP contribution in [0.15, 0.2) is 6.07 Å². The van der Waals surface area contributed by atoms with Gasteiger partial charge in [0.05, 0.1) is 34.0 Å². The van der Waals surface area contributed by atoms with Crippen molar-refractivity contribution in [2.45, 2.75) is 5.44 Å². The van der Waals surface area contributed by atoms with E-state index in [1.54, 1.807) is 4.72 Å². The largest absolute Gasteiger partial charge is 0.481 e. The number of hydrogen-bond donors (Lipinski definition) is 2. The molecular formula is C11H17N4O7S. The first-order valence-corrected chi connectivity index (χ1v) is 7.60. The number of urea groups is 1. The maximum Gasteiger partial charge on any atom is 0.335 e. The van der Waals surface area contributed by atoms with Gasteiger partial charge in [-0.15, -0.1) is 0 Å². The first-order chi connectivity index (χ1) is 10.9. The van der Waals surface area contributed by atoms with Crippen LogP contribution in [0.4, 0.5) is 10.7 Å². The van der Waals surface area contributed by atoms with Gasteiger partial charge in [0.15, 0.2) is 0 Å². The van der Waals surface area contributed by atoms with E-state index in [0.29, 0.717) is 0 Å². The summed E-state index contributed by atoms with van der Waals surface area (Å²) in [5.41, 5.74) is -1.41. The number of carbonyl (C=O) groups excluding carboxylic acids is 1. The third-order valence-electron chi connectivity index (χ3n) is 2.42. The van der Waals surface area contributed by atoms with Crippen LogP contribution in [0.3, 0.4) is 0 Å². The zero-order chi connectivity index (χ0) is 17.5. The summed E-state index contributed by atoms with van der Waals surface area (Å²) in [5.74, 6) is 0.0294. The molecule has 0 fully saturated rings. The standard InChI is InChI=1S/C11H17N4O7S/c1-19-6-9(22-4)23(17,18)15-11(16)14-10-12-7(20-2)5-8(13-10)21-3/h5,9H,1,6H2,2-4H3,(H2,12,13,14,15,16). The molecule has 1 atom stereocenters. The Morgan fingerprint density at radius 1 is 1.26 bits per heavy atom. The molecule has 1 radical (unpaired) electrons. The highest BCUT2D eigenvalue weighted by Gasteiger charge is 2.27. The minimum Gasteiger partial charge on any atom is -0.481 e. The highest BCUT2D eigenvalue weighted by molar-refractivity contribution is 7.90. The van der Waals surface area contributed by atoms with Crippen molar-refractivity contribution in [3.63, 3.8) is 0 Å². The molecule has 0 aliphatic carbocycles. The molecule has 11 nitrogen and oxygen atoms in total. The molecule has 23 heavy (non-hydrogen) atoms. The van der Waals surface area contributed by atoms with Crippen molar-refractivity contribution in [1.29, 1.82) is 0 Å². The van der Waals surface area contributed by atoms with Gasteiger partial charge in [-0.25, -0.2) is 17.9 Å². The molecule has 129 valence electrons. The maximum absolute atomic E-state index is 11.9. The average Bonchev–Trinajstić information content (AvgIpc) is 2.51. The molecule has 1 heterocycles. The molecule has 2 N–H and O–H groups in total.